The average molecular weight is 407 g/mol. The quantitative estimate of drug-likeness (QED) is 0.577. The van der Waals surface area contributed by atoms with Gasteiger partial charge in [-0.3, -0.25) is 4.79 Å². The zero-order valence-electron chi connectivity index (χ0n) is 15.7. The number of aliphatic hydroxyl groups excluding tert-OH is 1. The summed E-state index contributed by atoms with van der Waals surface area (Å²) in [5.74, 6) is -0.520. The number of carbonyl (C=O) groups excluding carboxylic acids is 1. The largest absolute Gasteiger partial charge is 0.478 e. The first kappa shape index (κ1) is 20.3. The van der Waals surface area contributed by atoms with Crippen molar-refractivity contribution in [3.63, 3.8) is 0 Å². The number of carboxylic acid groups (broad SMARTS) is 1. The maximum Gasteiger partial charge on any atom is 0.335 e. The molecule has 2 N–H and O–H groups in total. The van der Waals surface area contributed by atoms with Crippen molar-refractivity contribution in [2.75, 3.05) is 24.5 Å². The number of carbonyl (C=O) groups is 2. The van der Waals surface area contributed by atoms with Gasteiger partial charge in [0.25, 0.3) is 5.91 Å². The van der Waals surface area contributed by atoms with Crippen LogP contribution in [0.5, 0.6) is 0 Å². The molecule has 28 heavy (non-hydrogen) atoms. The van der Waals surface area contributed by atoms with Gasteiger partial charge < -0.3 is 20.0 Å². The topological polar surface area (TPSA) is 107 Å². The third-order valence-corrected chi connectivity index (χ3v) is 5.12. The minimum atomic E-state index is -1.02. The van der Waals surface area contributed by atoms with Gasteiger partial charge in [-0.05, 0) is 30.5 Å². The van der Waals surface area contributed by atoms with Crippen LogP contribution in [-0.2, 0) is 4.79 Å². The summed E-state index contributed by atoms with van der Waals surface area (Å²) in [6.45, 7) is 5.02. The normalized spacial score (nSPS) is 18.5. The molecule has 1 amide bonds. The zero-order chi connectivity index (χ0) is 20.4. The molecule has 0 bridgehead atoms. The Morgan fingerprint density at radius 2 is 2.04 bits per heavy atom. The second kappa shape index (κ2) is 8.28. The molecular formula is C19H23ClN4O4. The third kappa shape index (κ3) is 4.18. The SMILES string of the molecule is CC(C)C[C@@H](O)C(=O)N1CCN(c2ncnc3cc(C(=O)O)ccc23)C(Cl)C1. The molecule has 0 saturated carbocycles. The number of aromatic nitrogens is 2. The standard InChI is InChI=1S/C19H23ClN4O4/c1-11(2)7-15(25)18(26)23-5-6-24(16(20)9-23)17-13-4-3-12(19(27)28)8-14(13)21-10-22-17/h3-4,8,10-11,15-16,25H,5-7,9H2,1-2H3,(H,27,28)/t15-,16?/m1/s1. The number of aliphatic hydroxyl groups is 1. The number of halogens is 1. The molecule has 1 fully saturated rings. The van der Waals surface area contributed by atoms with E-state index in [-0.39, 0.29) is 23.9 Å². The number of benzene rings is 1. The summed E-state index contributed by atoms with van der Waals surface area (Å²) >= 11 is 6.54. The van der Waals surface area contributed by atoms with Crippen LogP contribution < -0.4 is 4.90 Å². The lowest BCUT2D eigenvalue weighted by molar-refractivity contribution is -0.141. The Bertz CT molecular complexity index is 891. The van der Waals surface area contributed by atoms with E-state index >= 15 is 0 Å². The van der Waals surface area contributed by atoms with E-state index in [0.29, 0.717) is 36.2 Å². The Morgan fingerprint density at radius 1 is 1.29 bits per heavy atom. The summed E-state index contributed by atoms with van der Waals surface area (Å²) in [4.78, 5) is 35.6. The van der Waals surface area contributed by atoms with E-state index in [9.17, 15) is 14.7 Å². The first-order chi connectivity index (χ1) is 13.3. The molecule has 0 radical (unpaired) electrons. The Kier molecular flexibility index (Phi) is 6.00. The molecule has 1 aromatic carbocycles. The minimum Gasteiger partial charge on any atom is -0.478 e. The van der Waals surface area contributed by atoms with Gasteiger partial charge >= 0.3 is 5.97 Å². The van der Waals surface area contributed by atoms with Gasteiger partial charge in [0.2, 0.25) is 0 Å². The smallest absolute Gasteiger partial charge is 0.335 e. The summed E-state index contributed by atoms with van der Waals surface area (Å²) < 4.78 is 0. The van der Waals surface area contributed by atoms with Crippen LogP contribution in [0, 0.1) is 5.92 Å². The number of piperazine rings is 1. The van der Waals surface area contributed by atoms with Gasteiger partial charge in [-0.2, -0.15) is 0 Å². The number of alkyl halides is 1. The van der Waals surface area contributed by atoms with Crippen molar-refractivity contribution in [1.82, 2.24) is 14.9 Å². The molecule has 150 valence electrons. The lowest BCUT2D eigenvalue weighted by Crippen LogP contribution is -2.55. The highest BCUT2D eigenvalue weighted by atomic mass is 35.5. The molecule has 3 rings (SSSR count). The number of fused-ring (bicyclic) bond motifs is 1. The average Bonchev–Trinajstić information content (AvgIpc) is 2.65. The van der Waals surface area contributed by atoms with Crippen LogP contribution in [0.4, 0.5) is 5.82 Å². The fourth-order valence-electron chi connectivity index (χ4n) is 3.34. The number of anilines is 1. The van der Waals surface area contributed by atoms with E-state index in [4.69, 9.17) is 16.7 Å². The van der Waals surface area contributed by atoms with E-state index in [1.807, 2.05) is 18.7 Å². The maximum absolute atomic E-state index is 12.5. The monoisotopic (exact) mass is 406 g/mol. The lowest BCUT2D eigenvalue weighted by atomic mass is 10.0. The van der Waals surface area contributed by atoms with Crippen molar-refractivity contribution in [2.45, 2.75) is 31.9 Å². The third-order valence-electron chi connectivity index (χ3n) is 4.75. The van der Waals surface area contributed by atoms with Crippen molar-refractivity contribution in [3.05, 3.63) is 30.1 Å². The molecule has 0 aliphatic carbocycles. The van der Waals surface area contributed by atoms with Crippen molar-refractivity contribution in [2.24, 2.45) is 5.92 Å². The number of rotatable bonds is 5. The second-order valence-corrected chi connectivity index (χ2v) is 7.80. The van der Waals surface area contributed by atoms with E-state index in [0.717, 1.165) is 0 Å². The number of carboxylic acids is 1. The first-order valence-electron chi connectivity index (χ1n) is 9.13. The summed E-state index contributed by atoms with van der Waals surface area (Å²) in [7, 11) is 0. The van der Waals surface area contributed by atoms with Gasteiger partial charge in [0.1, 0.15) is 23.8 Å². The highest BCUT2D eigenvalue weighted by molar-refractivity contribution is 6.22. The number of nitrogens with zero attached hydrogens (tertiary/aromatic N) is 4. The van der Waals surface area contributed by atoms with E-state index in [1.54, 1.807) is 11.0 Å². The van der Waals surface area contributed by atoms with E-state index in [1.165, 1.54) is 18.5 Å². The number of aromatic carboxylic acids is 1. The van der Waals surface area contributed by atoms with Crippen LogP contribution >= 0.6 is 11.6 Å². The Balaban J connectivity index is 1.79. The highest BCUT2D eigenvalue weighted by Crippen LogP contribution is 2.28. The molecular weight excluding hydrogens is 384 g/mol. The van der Waals surface area contributed by atoms with Crippen molar-refractivity contribution < 1.29 is 19.8 Å². The summed E-state index contributed by atoms with van der Waals surface area (Å²) in [6.07, 6.45) is 0.760. The van der Waals surface area contributed by atoms with E-state index in [2.05, 4.69) is 9.97 Å². The molecule has 2 atom stereocenters. The Labute approximate surface area is 167 Å². The molecule has 0 spiro atoms. The number of hydrogen-bond donors (Lipinski definition) is 2. The predicted molar refractivity (Wildman–Crippen MR) is 106 cm³/mol. The zero-order valence-corrected chi connectivity index (χ0v) is 16.5. The Hall–Kier alpha value is -2.45. The van der Waals surface area contributed by atoms with Crippen LogP contribution in [0.15, 0.2) is 24.5 Å². The number of hydrogen-bond acceptors (Lipinski definition) is 6. The molecule has 1 unspecified atom stereocenters. The summed E-state index contributed by atoms with van der Waals surface area (Å²) in [6, 6.07) is 4.67. The summed E-state index contributed by atoms with van der Waals surface area (Å²) in [5.41, 5.74) is 0.134. The molecule has 1 aliphatic heterocycles. The van der Waals surface area contributed by atoms with Crippen molar-refractivity contribution >= 4 is 40.2 Å². The van der Waals surface area contributed by atoms with Gasteiger partial charge in [0.15, 0.2) is 0 Å². The summed E-state index contributed by atoms with van der Waals surface area (Å²) in [5, 5.41) is 19.9. The van der Waals surface area contributed by atoms with Gasteiger partial charge in [-0.25, -0.2) is 14.8 Å². The molecule has 1 aliphatic rings. The van der Waals surface area contributed by atoms with Crippen LogP contribution in [0.2, 0.25) is 0 Å². The molecule has 2 heterocycles. The van der Waals surface area contributed by atoms with Gasteiger partial charge in [-0.15, -0.1) is 0 Å². The highest BCUT2D eigenvalue weighted by Gasteiger charge is 2.32. The fraction of sp³-hybridized carbons (Fsp3) is 0.474. The van der Waals surface area contributed by atoms with Crippen LogP contribution in [0.1, 0.15) is 30.6 Å². The van der Waals surface area contributed by atoms with Crippen molar-refractivity contribution in [1.29, 1.82) is 0 Å². The molecule has 8 nitrogen and oxygen atoms in total. The van der Waals surface area contributed by atoms with E-state index < -0.39 is 17.6 Å². The Morgan fingerprint density at radius 3 is 2.68 bits per heavy atom. The molecule has 1 aromatic heterocycles. The first-order valence-corrected chi connectivity index (χ1v) is 9.57. The molecule has 9 heteroatoms. The van der Waals surface area contributed by atoms with Gasteiger partial charge in [-0.1, -0.05) is 25.4 Å². The second-order valence-electron chi connectivity index (χ2n) is 7.29. The molecule has 1 saturated heterocycles. The van der Waals surface area contributed by atoms with Crippen LogP contribution in [0.3, 0.4) is 0 Å². The van der Waals surface area contributed by atoms with Crippen LogP contribution in [-0.4, -0.2) is 68.2 Å². The number of amides is 1. The van der Waals surface area contributed by atoms with Crippen molar-refractivity contribution in [3.8, 4) is 0 Å². The lowest BCUT2D eigenvalue weighted by Gasteiger charge is -2.40. The minimum absolute atomic E-state index is 0.147. The molecule has 2 aromatic rings. The van der Waals surface area contributed by atoms with Gasteiger partial charge in [0.05, 0.1) is 17.6 Å². The van der Waals surface area contributed by atoms with Crippen LogP contribution in [0.25, 0.3) is 10.9 Å². The fourth-order valence-corrected chi connectivity index (χ4v) is 3.70. The maximum atomic E-state index is 12.5. The van der Waals surface area contributed by atoms with Gasteiger partial charge in [0, 0.05) is 18.5 Å². The predicted octanol–water partition coefficient (Wildman–Crippen LogP) is 1.95.